The first-order valence-electron chi connectivity index (χ1n) is 9.40. The van der Waals surface area contributed by atoms with Crippen LogP contribution >= 0.6 is 0 Å². The van der Waals surface area contributed by atoms with Crippen LogP contribution in [-0.2, 0) is 22.3 Å². The third-order valence-electron chi connectivity index (χ3n) is 3.37. The van der Waals surface area contributed by atoms with Gasteiger partial charge in [0, 0.05) is 18.7 Å². The van der Waals surface area contributed by atoms with Crippen LogP contribution in [0.25, 0.3) is 0 Å². The zero-order valence-electron chi connectivity index (χ0n) is 17.7. The maximum atomic E-state index is 11.7. The monoisotopic (exact) mass is 392 g/mol. The Hall–Kier alpha value is -2.57. The van der Waals surface area contributed by atoms with Crippen LogP contribution < -0.4 is 10.6 Å². The third kappa shape index (κ3) is 10.5. The van der Waals surface area contributed by atoms with Crippen LogP contribution in [0.3, 0.4) is 0 Å². The number of amides is 2. The summed E-state index contributed by atoms with van der Waals surface area (Å²) in [7, 11) is 0. The van der Waals surface area contributed by atoms with E-state index in [1.807, 2.05) is 6.07 Å². The highest BCUT2D eigenvalue weighted by Gasteiger charge is 2.16. The first-order chi connectivity index (χ1) is 12.9. The molecule has 0 spiro atoms. The van der Waals surface area contributed by atoms with Crippen LogP contribution in [0.2, 0.25) is 0 Å². The highest BCUT2D eigenvalue weighted by atomic mass is 16.6. The normalized spacial score (nSPS) is 11.5. The van der Waals surface area contributed by atoms with Crippen molar-refractivity contribution in [3.05, 3.63) is 34.9 Å². The lowest BCUT2D eigenvalue weighted by Gasteiger charge is -2.20. The Kier molecular flexibility index (Phi) is 8.47. The molecule has 0 unspecified atom stereocenters. The van der Waals surface area contributed by atoms with Gasteiger partial charge in [-0.1, -0.05) is 6.07 Å². The highest BCUT2D eigenvalue weighted by molar-refractivity contribution is 5.75. The lowest BCUT2D eigenvalue weighted by molar-refractivity contribution is 0.0517. The molecule has 0 radical (unpaired) electrons. The van der Waals surface area contributed by atoms with E-state index in [-0.39, 0.29) is 0 Å². The van der Waals surface area contributed by atoms with Crippen molar-refractivity contribution in [3.8, 4) is 0 Å². The molecule has 0 atom stereocenters. The summed E-state index contributed by atoms with van der Waals surface area (Å²) in [4.78, 5) is 34.6. The van der Waals surface area contributed by atoms with E-state index < -0.39 is 23.4 Å². The highest BCUT2D eigenvalue weighted by Crippen LogP contribution is 2.12. The first-order valence-corrected chi connectivity index (χ1v) is 9.40. The van der Waals surface area contributed by atoms with Gasteiger partial charge in [0.2, 0.25) is 0 Å². The van der Waals surface area contributed by atoms with Crippen LogP contribution in [0.5, 0.6) is 0 Å². The molecule has 0 bridgehead atoms. The molecule has 0 aliphatic heterocycles. The van der Waals surface area contributed by atoms with Gasteiger partial charge in [0.15, 0.2) is 0 Å². The number of aldehydes is 1. The molecule has 1 aromatic carbocycles. The van der Waals surface area contributed by atoms with Gasteiger partial charge in [0.25, 0.3) is 0 Å². The van der Waals surface area contributed by atoms with Gasteiger partial charge in [0.1, 0.15) is 17.5 Å². The summed E-state index contributed by atoms with van der Waals surface area (Å²) in [5.74, 6) is 0. The van der Waals surface area contributed by atoms with E-state index in [4.69, 9.17) is 9.47 Å². The fraction of sp³-hybridized carbons (Fsp3) is 0.571. The molecule has 2 amide bonds. The molecular weight excluding hydrogens is 360 g/mol. The van der Waals surface area contributed by atoms with E-state index in [1.54, 1.807) is 53.7 Å². The molecule has 1 rings (SSSR count). The third-order valence-corrected chi connectivity index (χ3v) is 3.37. The van der Waals surface area contributed by atoms with Crippen LogP contribution in [0.4, 0.5) is 9.59 Å². The molecule has 2 N–H and O–H groups in total. The maximum Gasteiger partial charge on any atom is 0.407 e. The van der Waals surface area contributed by atoms with Gasteiger partial charge in [0.05, 0.1) is 0 Å². The number of hydrogen-bond acceptors (Lipinski definition) is 5. The lowest BCUT2D eigenvalue weighted by Crippen LogP contribution is -2.33. The second kappa shape index (κ2) is 10.1. The van der Waals surface area contributed by atoms with Crippen LogP contribution in [0, 0.1) is 0 Å². The van der Waals surface area contributed by atoms with Crippen molar-refractivity contribution in [1.82, 2.24) is 10.6 Å². The Balaban J connectivity index is 2.57. The average Bonchev–Trinajstić information content (AvgIpc) is 2.51. The summed E-state index contributed by atoms with van der Waals surface area (Å²) in [6, 6.07) is 5.53. The van der Waals surface area contributed by atoms with Gasteiger partial charge in [-0.05, 0) is 77.6 Å². The Labute approximate surface area is 167 Å². The number of hydrogen-bond donors (Lipinski definition) is 2. The summed E-state index contributed by atoms with van der Waals surface area (Å²) >= 11 is 0. The SMILES string of the molecule is CC(C)(C)OC(=O)NCCc1cc(C=O)cc(CCNC(=O)OC(C)(C)C)c1. The van der Waals surface area contributed by atoms with Crippen molar-refractivity contribution in [1.29, 1.82) is 0 Å². The van der Waals surface area contributed by atoms with Gasteiger partial charge < -0.3 is 20.1 Å². The van der Waals surface area contributed by atoms with Gasteiger partial charge in [-0.25, -0.2) is 9.59 Å². The molecule has 0 heterocycles. The molecule has 1 aromatic rings. The van der Waals surface area contributed by atoms with Gasteiger partial charge in [-0.2, -0.15) is 0 Å². The quantitative estimate of drug-likeness (QED) is 0.691. The minimum Gasteiger partial charge on any atom is -0.444 e. The summed E-state index contributed by atoms with van der Waals surface area (Å²) in [6.45, 7) is 11.6. The topological polar surface area (TPSA) is 93.7 Å². The fourth-order valence-corrected chi connectivity index (χ4v) is 2.39. The number of ether oxygens (including phenoxy) is 2. The Morgan fingerprint density at radius 1 is 0.821 bits per heavy atom. The second-order valence-electron chi connectivity index (χ2n) is 8.56. The summed E-state index contributed by atoms with van der Waals surface area (Å²) in [6.07, 6.45) is 0.970. The number of carbonyl (C=O) groups excluding carboxylic acids is 3. The maximum absolute atomic E-state index is 11.7. The van der Waals surface area contributed by atoms with Crippen molar-refractivity contribution in [2.24, 2.45) is 0 Å². The van der Waals surface area contributed by atoms with Crippen molar-refractivity contribution < 1.29 is 23.9 Å². The predicted molar refractivity (Wildman–Crippen MR) is 108 cm³/mol. The molecule has 0 aromatic heterocycles. The van der Waals surface area contributed by atoms with Crippen molar-refractivity contribution in [2.45, 2.75) is 65.6 Å². The number of alkyl carbamates (subject to hydrolysis) is 2. The standard InChI is InChI=1S/C21H32N2O5/c1-20(2,3)27-18(25)22-9-7-15-11-16(13-17(12-15)14-24)8-10-23-19(26)28-21(4,5)6/h11-14H,7-10H2,1-6H3,(H,22,25)(H,23,26). The van der Waals surface area contributed by atoms with E-state index in [1.165, 1.54) is 0 Å². The minimum absolute atomic E-state index is 0.396. The van der Waals surface area contributed by atoms with Crippen LogP contribution in [0.15, 0.2) is 18.2 Å². The van der Waals surface area contributed by atoms with Crippen LogP contribution in [0.1, 0.15) is 63.0 Å². The van der Waals surface area contributed by atoms with Gasteiger partial charge in [-0.15, -0.1) is 0 Å². The van der Waals surface area contributed by atoms with Crippen LogP contribution in [-0.4, -0.2) is 42.8 Å². The number of nitrogens with one attached hydrogen (secondary N) is 2. The molecular formula is C21H32N2O5. The number of benzene rings is 1. The number of rotatable bonds is 7. The average molecular weight is 392 g/mol. The molecule has 7 nitrogen and oxygen atoms in total. The minimum atomic E-state index is -0.546. The molecule has 7 heteroatoms. The van der Waals surface area contributed by atoms with Crippen molar-refractivity contribution in [2.75, 3.05) is 13.1 Å². The molecule has 0 saturated heterocycles. The van der Waals surface area contributed by atoms with E-state index in [9.17, 15) is 14.4 Å². The summed E-state index contributed by atoms with van der Waals surface area (Å²) < 4.78 is 10.4. The first kappa shape index (κ1) is 23.5. The Bertz CT molecular complexity index is 635. The van der Waals surface area contributed by atoms with E-state index in [0.29, 0.717) is 31.5 Å². The molecule has 156 valence electrons. The summed E-state index contributed by atoms with van der Waals surface area (Å²) in [5.41, 5.74) is 1.31. The molecule has 0 aliphatic carbocycles. The molecule has 0 aliphatic rings. The fourth-order valence-electron chi connectivity index (χ4n) is 2.39. The summed E-state index contributed by atoms with van der Waals surface area (Å²) in [5, 5.41) is 5.40. The number of carbonyl (C=O) groups is 3. The largest absolute Gasteiger partial charge is 0.444 e. The van der Waals surface area contributed by atoms with E-state index in [2.05, 4.69) is 10.6 Å². The molecule has 28 heavy (non-hydrogen) atoms. The van der Waals surface area contributed by atoms with Gasteiger partial charge in [-0.3, -0.25) is 4.79 Å². The van der Waals surface area contributed by atoms with Crippen molar-refractivity contribution in [3.63, 3.8) is 0 Å². The zero-order valence-corrected chi connectivity index (χ0v) is 17.7. The van der Waals surface area contributed by atoms with E-state index in [0.717, 1.165) is 17.4 Å². The second-order valence-corrected chi connectivity index (χ2v) is 8.56. The lowest BCUT2D eigenvalue weighted by atomic mass is 10.0. The molecule has 0 saturated carbocycles. The Morgan fingerprint density at radius 2 is 1.21 bits per heavy atom. The van der Waals surface area contributed by atoms with E-state index >= 15 is 0 Å². The molecule has 0 fully saturated rings. The smallest absolute Gasteiger partial charge is 0.407 e. The van der Waals surface area contributed by atoms with Crippen molar-refractivity contribution >= 4 is 18.5 Å². The zero-order chi connectivity index (χ0) is 21.4. The van der Waals surface area contributed by atoms with Gasteiger partial charge >= 0.3 is 12.2 Å². The predicted octanol–water partition coefficient (Wildman–Crippen LogP) is 3.63. The Morgan fingerprint density at radius 3 is 1.54 bits per heavy atom.